The molecule has 0 aliphatic carbocycles. The first-order chi connectivity index (χ1) is 12.7. The van der Waals surface area contributed by atoms with Gasteiger partial charge in [-0.25, -0.2) is 4.99 Å². The average molecular weight is 368 g/mol. The summed E-state index contributed by atoms with van der Waals surface area (Å²) in [6.45, 7) is 12.7. The molecule has 146 valence electrons. The lowest BCUT2D eigenvalue weighted by molar-refractivity contribution is 0.259. The summed E-state index contributed by atoms with van der Waals surface area (Å²) in [6, 6.07) is 14.6. The number of nitrogens with zero attached hydrogens (tertiary/aromatic N) is 1. The van der Waals surface area contributed by atoms with Crippen LogP contribution in [-0.2, 0) is 6.42 Å². The number of hydrogen-bond acceptors (Lipinski definition) is 2. The van der Waals surface area contributed by atoms with Gasteiger partial charge in [-0.1, -0.05) is 52.0 Å². The van der Waals surface area contributed by atoms with E-state index >= 15 is 0 Å². The maximum absolute atomic E-state index is 5.92. The standard InChI is InChI=1S/C21H27N3O.C2H6/c1-20(2,13-21(3,4)24-19(22)23)12-14-9-10-18-16(11-14)15-7-5-6-8-17(15)25-18;1-2/h5-11H,12-13H2,1-4H3,(H4,22,23,24);1-2H3. The SMILES string of the molecule is CC.CC(C)(Cc1ccc2oc3ccccc3c2c1)CC(C)(C)N=C(N)N. The number of aliphatic imine (C=N–C) groups is 1. The Morgan fingerprint density at radius 3 is 2.22 bits per heavy atom. The van der Waals surface area contributed by atoms with Crippen molar-refractivity contribution in [3.63, 3.8) is 0 Å². The maximum atomic E-state index is 5.92. The summed E-state index contributed by atoms with van der Waals surface area (Å²) in [5, 5.41) is 2.34. The lowest BCUT2D eigenvalue weighted by atomic mass is 9.76. The van der Waals surface area contributed by atoms with Crippen LogP contribution in [0.4, 0.5) is 0 Å². The molecule has 0 atom stereocenters. The number of benzene rings is 2. The van der Waals surface area contributed by atoms with Crippen LogP contribution in [0.25, 0.3) is 21.9 Å². The quantitative estimate of drug-likeness (QED) is 0.453. The van der Waals surface area contributed by atoms with Gasteiger partial charge in [0, 0.05) is 10.8 Å². The molecular weight excluding hydrogens is 334 g/mol. The molecular formula is C23H33N3O. The predicted molar refractivity (Wildman–Crippen MR) is 117 cm³/mol. The summed E-state index contributed by atoms with van der Waals surface area (Å²) in [7, 11) is 0. The Morgan fingerprint density at radius 1 is 0.926 bits per heavy atom. The molecule has 4 N–H and O–H groups in total. The first-order valence-corrected chi connectivity index (χ1v) is 9.66. The van der Waals surface area contributed by atoms with Crippen molar-refractivity contribution in [2.45, 2.75) is 59.9 Å². The smallest absolute Gasteiger partial charge is 0.186 e. The van der Waals surface area contributed by atoms with Crippen molar-refractivity contribution in [1.82, 2.24) is 0 Å². The molecule has 1 heterocycles. The van der Waals surface area contributed by atoms with Gasteiger partial charge in [-0.15, -0.1) is 0 Å². The van der Waals surface area contributed by atoms with Crippen LogP contribution in [-0.4, -0.2) is 11.5 Å². The highest BCUT2D eigenvalue weighted by atomic mass is 16.3. The zero-order chi connectivity index (χ0) is 20.2. The molecule has 0 radical (unpaired) electrons. The highest BCUT2D eigenvalue weighted by molar-refractivity contribution is 6.04. The maximum Gasteiger partial charge on any atom is 0.186 e. The number of nitrogens with two attached hydrogens (primary N) is 2. The largest absolute Gasteiger partial charge is 0.456 e. The van der Waals surface area contributed by atoms with Gasteiger partial charge < -0.3 is 15.9 Å². The normalized spacial score (nSPS) is 11.9. The fourth-order valence-corrected chi connectivity index (χ4v) is 4.06. The topological polar surface area (TPSA) is 77.5 Å². The van der Waals surface area contributed by atoms with Crippen LogP contribution < -0.4 is 11.5 Å². The van der Waals surface area contributed by atoms with Gasteiger partial charge in [0.25, 0.3) is 0 Å². The van der Waals surface area contributed by atoms with Crippen molar-refractivity contribution < 1.29 is 4.42 Å². The number of guanidine groups is 1. The molecule has 0 spiro atoms. The molecule has 3 rings (SSSR count). The van der Waals surface area contributed by atoms with Crippen molar-refractivity contribution in [2.75, 3.05) is 0 Å². The molecule has 0 amide bonds. The summed E-state index contributed by atoms with van der Waals surface area (Å²) < 4.78 is 5.92. The van der Waals surface area contributed by atoms with E-state index in [1.165, 1.54) is 10.9 Å². The molecule has 3 aromatic rings. The predicted octanol–water partition coefficient (Wildman–Crippen LogP) is 5.62. The van der Waals surface area contributed by atoms with Crippen molar-refractivity contribution in [3.8, 4) is 0 Å². The van der Waals surface area contributed by atoms with Crippen LogP contribution >= 0.6 is 0 Å². The minimum absolute atomic E-state index is 0.0651. The highest BCUT2D eigenvalue weighted by Crippen LogP contribution is 2.35. The molecule has 0 unspecified atom stereocenters. The van der Waals surface area contributed by atoms with Crippen LogP contribution in [0, 0.1) is 5.41 Å². The van der Waals surface area contributed by atoms with Gasteiger partial charge in [-0.2, -0.15) is 0 Å². The van der Waals surface area contributed by atoms with E-state index in [1.54, 1.807) is 0 Å². The molecule has 4 nitrogen and oxygen atoms in total. The fraction of sp³-hybridized carbons (Fsp3) is 0.435. The Kier molecular flexibility index (Phi) is 6.19. The number of hydrogen-bond donors (Lipinski definition) is 2. The Balaban J connectivity index is 0.00000126. The number of fused-ring (bicyclic) bond motifs is 3. The van der Waals surface area contributed by atoms with Gasteiger partial charge in [0.1, 0.15) is 11.2 Å². The van der Waals surface area contributed by atoms with Gasteiger partial charge in [0.05, 0.1) is 5.54 Å². The monoisotopic (exact) mass is 367 g/mol. The van der Waals surface area contributed by atoms with E-state index in [-0.39, 0.29) is 16.9 Å². The van der Waals surface area contributed by atoms with E-state index in [1.807, 2.05) is 32.0 Å². The second kappa shape index (κ2) is 8.03. The van der Waals surface area contributed by atoms with Crippen LogP contribution in [0.5, 0.6) is 0 Å². The van der Waals surface area contributed by atoms with Gasteiger partial charge >= 0.3 is 0 Å². The Labute approximate surface area is 162 Å². The fourth-order valence-electron chi connectivity index (χ4n) is 4.06. The molecule has 0 saturated heterocycles. The lowest BCUT2D eigenvalue weighted by Gasteiger charge is -2.32. The zero-order valence-corrected chi connectivity index (χ0v) is 17.5. The third-order valence-electron chi connectivity index (χ3n) is 4.47. The van der Waals surface area contributed by atoms with Gasteiger partial charge in [0.2, 0.25) is 0 Å². The third kappa shape index (κ3) is 5.25. The second-order valence-electron chi connectivity index (χ2n) is 8.30. The summed E-state index contributed by atoms with van der Waals surface area (Å²) in [5.41, 5.74) is 14.1. The van der Waals surface area contributed by atoms with Crippen LogP contribution in [0.15, 0.2) is 51.9 Å². The van der Waals surface area contributed by atoms with E-state index < -0.39 is 0 Å². The summed E-state index contributed by atoms with van der Waals surface area (Å²) in [4.78, 5) is 4.38. The first kappa shape index (κ1) is 20.8. The van der Waals surface area contributed by atoms with Crippen LogP contribution in [0.1, 0.15) is 53.5 Å². The summed E-state index contributed by atoms with van der Waals surface area (Å²) in [5.74, 6) is 0.145. The van der Waals surface area contributed by atoms with E-state index in [9.17, 15) is 0 Å². The summed E-state index contributed by atoms with van der Waals surface area (Å²) in [6.07, 6.45) is 1.84. The minimum Gasteiger partial charge on any atom is -0.456 e. The van der Waals surface area contributed by atoms with Crippen LogP contribution in [0.3, 0.4) is 0 Å². The average Bonchev–Trinajstić information content (AvgIpc) is 2.92. The molecule has 0 saturated carbocycles. The molecule has 0 aliphatic heterocycles. The molecule has 0 fully saturated rings. The highest BCUT2D eigenvalue weighted by Gasteiger charge is 2.29. The number of rotatable bonds is 5. The Bertz CT molecular complexity index is 931. The lowest BCUT2D eigenvalue weighted by Crippen LogP contribution is -2.33. The number of para-hydroxylation sites is 1. The minimum atomic E-state index is -0.283. The molecule has 1 aromatic heterocycles. The zero-order valence-electron chi connectivity index (χ0n) is 17.5. The first-order valence-electron chi connectivity index (χ1n) is 9.66. The molecule has 0 aliphatic rings. The van der Waals surface area contributed by atoms with E-state index in [0.29, 0.717) is 0 Å². The molecule has 4 heteroatoms. The number of furan rings is 1. The van der Waals surface area contributed by atoms with Crippen molar-refractivity contribution in [2.24, 2.45) is 21.9 Å². The molecule has 2 aromatic carbocycles. The van der Waals surface area contributed by atoms with E-state index in [0.717, 1.165) is 29.4 Å². The second-order valence-corrected chi connectivity index (χ2v) is 8.30. The van der Waals surface area contributed by atoms with Crippen molar-refractivity contribution in [3.05, 3.63) is 48.0 Å². The Hall–Kier alpha value is -2.49. The van der Waals surface area contributed by atoms with Crippen LogP contribution in [0.2, 0.25) is 0 Å². The van der Waals surface area contributed by atoms with Crippen molar-refractivity contribution in [1.29, 1.82) is 0 Å². The summed E-state index contributed by atoms with van der Waals surface area (Å²) >= 11 is 0. The third-order valence-corrected chi connectivity index (χ3v) is 4.47. The van der Waals surface area contributed by atoms with Crippen molar-refractivity contribution >= 4 is 27.9 Å². The van der Waals surface area contributed by atoms with E-state index in [2.05, 4.69) is 57.0 Å². The molecule has 0 bridgehead atoms. The van der Waals surface area contributed by atoms with Gasteiger partial charge in [-0.05, 0) is 55.9 Å². The van der Waals surface area contributed by atoms with Gasteiger partial charge in [0.15, 0.2) is 5.96 Å². The molecule has 27 heavy (non-hydrogen) atoms. The van der Waals surface area contributed by atoms with E-state index in [4.69, 9.17) is 15.9 Å². The Morgan fingerprint density at radius 2 is 1.56 bits per heavy atom. The van der Waals surface area contributed by atoms with Gasteiger partial charge in [-0.3, -0.25) is 0 Å².